The molecule has 3 rings (SSSR count). The summed E-state index contributed by atoms with van der Waals surface area (Å²) in [6.07, 6.45) is 2.64. The van der Waals surface area contributed by atoms with Crippen LogP contribution in [-0.2, 0) is 22.6 Å². The molecule has 0 fully saturated rings. The summed E-state index contributed by atoms with van der Waals surface area (Å²) in [6, 6.07) is 14.2. The highest BCUT2D eigenvalue weighted by atomic mass is 127. The van der Waals surface area contributed by atoms with Crippen molar-refractivity contribution < 1.29 is 38.0 Å². The van der Waals surface area contributed by atoms with E-state index >= 15 is 0 Å². The van der Waals surface area contributed by atoms with Crippen LogP contribution in [0.4, 0.5) is 0 Å². The number of aromatic amines is 1. The third-order valence-electron chi connectivity index (χ3n) is 4.96. The lowest BCUT2D eigenvalue weighted by molar-refractivity contribution is -0.887. The standard InChI is InChI=1S/C23H29N2O2.HI/c1-16-10-17(2)12-18(11-16)15-27-23(26)22(25(3,4)5)13-19-14-24-21-9-7-6-8-20(19)21;/h6-12,14,22,24H,13,15H2,1-5H3;1H/q+1;/p-1. The molecule has 0 bridgehead atoms. The molecule has 1 N–H and O–H groups in total. The third kappa shape index (κ3) is 5.35. The fraction of sp³-hybridized carbons (Fsp3) is 0.348. The minimum absolute atomic E-state index is 0. The molecule has 0 aliphatic rings. The Morgan fingerprint density at radius 3 is 2.36 bits per heavy atom. The van der Waals surface area contributed by atoms with Crippen LogP contribution in [0.3, 0.4) is 0 Å². The van der Waals surface area contributed by atoms with Crippen LogP contribution < -0.4 is 24.0 Å². The molecular formula is C23H29IN2O2. The molecule has 0 aliphatic heterocycles. The van der Waals surface area contributed by atoms with Gasteiger partial charge in [-0.25, -0.2) is 4.79 Å². The summed E-state index contributed by atoms with van der Waals surface area (Å²) < 4.78 is 6.24. The van der Waals surface area contributed by atoms with Crippen LogP contribution in [0.2, 0.25) is 0 Å². The normalized spacial score (nSPS) is 12.5. The second kappa shape index (κ2) is 9.09. The van der Waals surface area contributed by atoms with Crippen LogP contribution in [-0.4, -0.2) is 42.6 Å². The molecule has 1 atom stereocenters. The number of esters is 1. The topological polar surface area (TPSA) is 42.1 Å². The number of para-hydroxylation sites is 1. The Bertz CT molecular complexity index is 936. The van der Waals surface area contributed by atoms with Gasteiger partial charge in [0.1, 0.15) is 6.61 Å². The van der Waals surface area contributed by atoms with Crippen molar-refractivity contribution in [1.29, 1.82) is 0 Å². The number of nitrogens with one attached hydrogen (secondary N) is 1. The molecule has 1 aromatic heterocycles. The molecule has 150 valence electrons. The first-order valence-corrected chi connectivity index (χ1v) is 9.34. The molecule has 1 unspecified atom stereocenters. The number of rotatable bonds is 6. The van der Waals surface area contributed by atoms with Crippen molar-refractivity contribution in [2.45, 2.75) is 32.9 Å². The minimum Gasteiger partial charge on any atom is -1.00 e. The van der Waals surface area contributed by atoms with Gasteiger partial charge in [0.25, 0.3) is 0 Å². The number of H-pyrrole nitrogens is 1. The van der Waals surface area contributed by atoms with Gasteiger partial charge in [0, 0.05) is 23.5 Å². The molecule has 28 heavy (non-hydrogen) atoms. The average Bonchev–Trinajstić information content (AvgIpc) is 2.99. The van der Waals surface area contributed by atoms with E-state index < -0.39 is 0 Å². The SMILES string of the molecule is Cc1cc(C)cc(COC(=O)C(Cc2c[nH]c3ccccc23)[N+](C)(C)C)c1.[I-]. The van der Waals surface area contributed by atoms with Gasteiger partial charge in [-0.2, -0.15) is 0 Å². The molecule has 0 aliphatic carbocycles. The van der Waals surface area contributed by atoms with Crippen molar-refractivity contribution in [1.82, 2.24) is 4.98 Å². The smallest absolute Gasteiger partial charge is 0.365 e. The van der Waals surface area contributed by atoms with E-state index in [1.165, 1.54) is 11.1 Å². The molecule has 5 heteroatoms. The van der Waals surface area contributed by atoms with Gasteiger partial charge in [-0.15, -0.1) is 0 Å². The van der Waals surface area contributed by atoms with Crippen molar-refractivity contribution in [3.05, 3.63) is 70.9 Å². The highest BCUT2D eigenvalue weighted by Gasteiger charge is 2.34. The van der Waals surface area contributed by atoms with Crippen molar-refractivity contribution in [3.8, 4) is 0 Å². The van der Waals surface area contributed by atoms with Crippen molar-refractivity contribution in [3.63, 3.8) is 0 Å². The number of carbonyl (C=O) groups excluding carboxylic acids is 1. The molecular weight excluding hydrogens is 463 g/mol. The average molecular weight is 492 g/mol. The third-order valence-corrected chi connectivity index (χ3v) is 4.96. The Balaban J connectivity index is 0.00000280. The van der Waals surface area contributed by atoms with E-state index in [0.717, 1.165) is 22.0 Å². The lowest BCUT2D eigenvalue weighted by atomic mass is 10.0. The maximum atomic E-state index is 12.9. The lowest BCUT2D eigenvalue weighted by Crippen LogP contribution is -3.00. The zero-order valence-electron chi connectivity index (χ0n) is 17.3. The second-order valence-electron chi connectivity index (χ2n) is 8.30. The van der Waals surface area contributed by atoms with Crippen molar-refractivity contribution in [2.24, 2.45) is 0 Å². The summed E-state index contributed by atoms with van der Waals surface area (Å²) in [7, 11) is 6.12. The number of ether oxygens (including phenoxy) is 1. The van der Waals surface area contributed by atoms with Gasteiger partial charge in [0.15, 0.2) is 6.04 Å². The van der Waals surface area contributed by atoms with E-state index in [4.69, 9.17) is 4.74 Å². The van der Waals surface area contributed by atoms with Crippen LogP contribution in [0.25, 0.3) is 10.9 Å². The maximum Gasteiger partial charge on any atom is 0.365 e. The van der Waals surface area contributed by atoms with Gasteiger partial charge >= 0.3 is 5.97 Å². The van der Waals surface area contributed by atoms with Crippen LogP contribution >= 0.6 is 0 Å². The zero-order chi connectivity index (χ0) is 19.6. The Kier molecular flexibility index (Phi) is 7.28. The fourth-order valence-electron chi connectivity index (χ4n) is 3.59. The summed E-state index contributed by atoms with van der Waals surface area (Å²) in [4.78, 5) is 16.2. The van der Waals surface area contributed by atoms with Crippen LogP contribution in [0.5, 0.6) is 0 Å². The molecule has 0 saturated carbocycles. The number of aromatic nitrogens is 1. The molecule has 0 saturated heterocycles. The Hall–Kier alpha value is -1.86. The predicted molar refractivity (Wildman–Crippen MR) is 110 cm³/mol. The highest BCUT2D eigenvalue weighted by molar-refractivity contribution is 5.84. The van der Waals surface area contributed by atoms with Crippen molar-refractivity contribution in [2.75, 3.05) is 21.1 Å². The van der Waals surface area contributed by atoms with E-state index in [1.807, 2.05) is 39.5 Å². The summed E-state index contributed by atoms with van der Waals surface area (Å²) in [5, 5.41) is 1.16. The first-order valence-electron chi connectivity index (χ1n) is 9.34. The predicted octanol–water partition coefficient (Wildman–Crippen LogP) is 1.15. The number of benzene rings is 2. The van der Waals surface area contributed by atoms with E-state index in [2.05, 4.69) is 49.2 Å². The van der Waals surface area contributed by atoms with Crippen molar-refractivity contribution >= 4 is 16.9 Å². The van der Waals surface area contributed by atoms with Crippen LogP contribution in [0, 0.1) is 13.8 Å². The van der Waals surface area contributed by atoms with E-state index in [0.29, 0.717) is 17.5 Å². The molecule has 4 nitrogen and oxygen atoms in total. The molecule has 3 aromatic rings. The van der Waals surface area contributed by atoms with E-state index in [9.17, 15) is 4.79 Å². The Morgan fingerprint density at radius 1 is 1.07 bits per heavy atom. The zero-order valence-corrected chi connectivity index (χ0v) is 19.4. The quantitative estimate of drug-likeness (QED) is 0.319. The van der Waals surface area contributed by atoms with Gasteiger partial charge in [-0.1, -0.05) is 47.5 Å². The van der Waals surface area contributed by atoms with Crippen LogP contribution in [0.15, 0.2) is 48.7 Å². The lowest BCUT2D eigenvalue weighted by Gasteiger charge is -2.32. The minimum atomic E-state index is -0.268. The van der Waals surface area contributed by atoms with E-state index in [1.54, 1.807) is 0 Å². The molecule has 1 heterocycles. The number of hydrogen-bond donors (Lipinski definition) is 1. The van der Waals surface area contributed by atoms with Gasteiger partial charge in [0.05, 0.1) is 21.1 Å². The maximum absolute atomic E-state index is 12.9. The summed E-state index contributed by atoms with van der Waals surface area (Å²) in [6.45, 7) is 4.43. The number of hydrogen-bond acceptors (Lipinski definition) is 2. The number of nitrogens with zero attached hydrogens (tertiary/aromatic N) is 1. The number of fused-ring (bicyclic) bond motifs is 1. The van der Waals surface area contributed by atoms with Gasteiger partial charge < -0.3 is 38.2 Å². The van der Waals surface area contributed by atoms with E-state index in [-0.39, 0.29) is 36.0 Å². The molecule has 0 spiro atoms. The monoisotopic (exact) mass is 492 g/mol. The highest BCUT2D eigenvalue weighted by Crippen LogP contribution is 2.22. The Morgan fingerprint density at radius 2 is 1.71 bits per heavy atom. The summed E-state index contributed by atoms with van der Waals surface area (Å²) in [5.74, 6) is -0.160. The number of likely N-dealkylation sites (N-methyl/N-ethyl adjacent to an activating group) is 1. The number of aryl methyl sites for hydroxylation is 2. The molecule has 0 radical (unpaired) electrons. The second-order valence-corrected chi connectivity index (χ2v) is 8.30. The molecule has 0 amide bonds. The number of quaternary nitrogens is 1. The first-order chi connectivity index (χ1) is 12.7. The summed E-state index contributed by atoms with van der Waals surface area (Å²) in [5.41, 5.74) is 5.64. The largest absolute Gasteiger partial charge is 1.00 e. The summed E-state index contributed by atoms with van der Waals surface area (Å²) >= 11 is 0. The van der Waals surface area contributed by atoms with Gasteiger partial charge in [-0.3, -0.25) is 0 Å². The Labute approximate surface area is 184 Å². The van der Waals surface area contributed by atoms with Gasteiger partial charge in [0.2, 0.25) is 0 Å². The molecule has 2 aromatic carbocycles. The van der Waals surface area contributed by atoms with Gasteiger partial charge in [-0.05, 0) is 31.0 Å². The fourth-order valence-corrected chi connectivity index (χ4v) is 3.59. The number of carbonyl (C=O) groups is 1. The van der Waals surface area contributed by atoms with Crippen LogP contribution in [0.1, 0.15) is 22.3 Å². The first kappa shape index (κ1) is 22.4. The number of halogens is 1.